The predicted octanol–water partition coefficient (Wildman–Crippen LogP) is 1.30. The predicted molar refractivity (Wildman–Crippen MR) is 31.6 cm³/mol. The first-order valence-corrected chi connectivity index (χ1v) is 2.61. The summed E-state index contributed by atoms with van der Waals surface area (Å²) in [6, 6.07) is 0. The first kappa shape index (κ1) is 7.50. The lowest BCUT2D eigenvalue weighted by molar-refractivity contribution is -0.104. The molecule has 0 aromatic heterocycles. The molecule has 0 bridgehead atoms. The first-order valence-electron chi connectivity index (χ1n) is 2.23. The lowest BCUT2D eigenvalue weighted by Gasteiger charge is -1.89. The average Bonchev–Trinajstić information content (AvgIpc) is 1.83. The van der Waals surface area contributed by atoms with Crippen molar-refractivity contribution in [3.05, 3.63) is 11.3 Å². The number of carbonyl (C=O) groups is 1. The highest BCUT2D eigenvalue weighted by atomic mass is 35.5. The van der Waals surface area contributed by atoms with Crippen LogP contribution >= 0.6 is 11.6 Å². The molecule has 0 rings (SSSR count). The van der Waals surface area contributed by atoms with Crippen LogP contribution in [0.1, 0.15) is 6.92 Å². The van der Waals surface area contributed by atoms with Crippen LogP contribution in [0.4, 0.5) is 0 Å². The van der Waals surface area contributed by atoms with E-state index in [2.05, 4.69) is 4.74 Å². The van der Waals surface area contributed by atoms with Gasteiger partial charge in [-0.15, -0.1) is 0 Å². The molecule has 0 saturated heterocycles. The highest BCUT2D eigenvalue weighted by Crippen LogP contribution is 1.94. The van der Waals surface area contributed by atoms with Crippen LogP contribution in [0, 0.1) is 0 Å². The molecule has 0 N–H and O–H groups in total. The molecule has 0 heterocycles. The zero-order valence-electron chi connectivity index (χ0n) is 4.56. The van der Waals surface area contributed by atoms with Gasteiger partial charge in [0.1, 0.15) is 11.3 Å². The molecule has 0 atom stereocenters. The van der Waals surface area contributed by atoms with Crippen LogP contribution in [0.25, 0.3) is 0 Å². The van der Waals surface area contributed by atoms with Gasteiger partial charge in [-0.1, -0.05) is 11.6 Å². The quantitative estimate of drug-likeness (QED) is 0.331. The number of hydrogen-bond acceptors (Lipinski definition) is 2. The summed E-state index contributed by atoms with van der Waals surface area (Å²) in [6.07, 6.45) is 1.74. The van der Waals surface area contributed by atoms with Gasteiger partial charge >= 0.3 is 0 Å². The Balaban J connectivity index is 3.40. The molecule has 0 fully saturated rings. The fraction of sp³-hybridized carbons (Fsp3) is 0.400. The van der Waals surface area contributed by atoms with E-state index in [4.69, 9.17) is 11.6 Å². The molecule has 8 heavy (non-hydrogen) atoms. The molecule has 0 amide bonds. The van der Waals surface area contributed by atoms with Crippen LogP contribution in [-0.4, -0.2) is 12.9 Å². The third-order valence-corrected chi connectivity index (χ3v) is 0.653. The minimum Gasteiger partial charge on any atom is -0.500 e. The molecule has 0 aliphatic heterocycles. The van der Waals surface area contributed by atoms with Gasteiger partial charge in [0, 0.05) is 0 Å². The summed E-state index contributed by atoms with van der Waals surface area (Å²) in [7, 11) is 0. The lowest BCUT2D eigenvalue weighted by Crippen LogP contribution is -1.79. The fourth-order valence-corrected chi connectivity index (χ4v) is 0.254. The number of ether oxygens (including phenoxy) is 1. The zero-order chi connectivity index (χ0) is 6.41. The van der Waals surface area contributed by atoms with Crippen molar-refractivity contribution in [2.24, 2.45) is 0 Å². The highest BCUT2D eigenvalue weighted by molar-refractivity contribution is 6.38. The summed E-state index contributed by atoms with van der Waals surface area (Å²) in [6.45, 7) is 2.34. The molecular formula is C5H7ClO2. The zero-order valence-corrected chi connectivity index (χ0v) is 5.31. The third-order valence-electron chi connectivity index (χ3n) is 0.475. The minimum atomic E-state index is 0.0897. The van der Waals surface area contributed by atoms with Crippen molar-refractivity contribution in [2.75, 3.05) is 6.61 Å². The number of carbonyl (C=O) groups excluding carboxylic acids is 1. The van der Waals surface area contributed by atoms with Crippen molar-refractivity contribution in [3.8, 4) is 0 Å². The summed E-state index contributed by atoms with van der Waals surface area (Å²) in [5.41, 5.74) is 0. The topological polar surface area (TPSA) is 26.3 Å². The van der Waals surface area contributed by atoms with Crippen molar-refractivity contribution in [1.82, 2.24) is 0 Å². The summed E-state index contributed by atoms with van der Waals surface area (Å²) in [5, 5.41) is 0.0897. The molecule has 2 nitrogen and oxygen atoms in total. The molecule has 0 aliphatic rings. The van der Waals surface area contributed by atoms with E-state index in [1.54, 1.807) is 0 Å². The molecule has 0 radical (unpaired) electrons. The van der Waals surface area contributed by atoms with E-state index in [-0.39, 0.29) is 5.03 Å². The van der Waals surface area contributed by atoms with Crippen LogP contribution in [0.3, 0.4) is 0 Å². The standard InChI is InChI=1S/C5H7ClO2/c1-2-8-4-5(6)3-7/h3-4H,2H2,1H3/b5-4-. The smallest absolute Gasteiger partial charge is 0.164 e. The Labute approximate surface area is 53.1 Å². The summed E-state index contributed by atoms with van der Waals surface area (Å²) < 4.78 is 4.66. The van der Waals surface area contributed by atoms with Gasteiger partial charge in [0.2, 0.25) is 0 Å². The second-order valence-corrected chi connectivity index (χ2v) is 1.51. The maximum Gasteiger partial charge on any atom is 0.164 e. The highest BCUT2D eigenvalue weighted by Gasteiger charge is 1.83. The summed E-state index contributed by atoms with van der Waals surface area (Å²) in [4.78, 5) is 9.73. The van der Waals surface area contributed by atoms with Crippen LogP contribution in [0.2, 0.25) is 0 Å². The number of halogens is 1. The van der Waals surface area contributed by atoms with Crippen molar-refractivity contribution < 1.29 is 9.53 Å². The van der Waals surface area contributed by atoms with E-state index in [1.165, 1.54) is 6.26 Å². The SMILES string of the molecule is CCO/C=C(\Cl)C=O. The van der Waals surface area contributed by atoms with Crippen molar-refractivity contribution in [3.63, 3.8) is 0 Å². The van der Waals surface area contributed by atoms with E-state index in [9.17, 15) is 4.79 Å². The molecular weight excluding hydrogens is 128 g/mol. The number of hydrogen-bond donors (Lipinski definition) is 0. The Hall–Kier alpha value is -0.500. The van der Waals surface area contributed by atoms with E-state index in [0.717, 1.165) is 0 Å². The Morgan fingerprint density at radius 3 is 2.88 bits per heavy atom. The maximum absolute atomic E-state index is 9.73. The molecule has 46 valence electrons. The number of allylic oxidation sites excluding steroid dienone is 1. The summed E-state index contributed by atoms with van der Waals surface area (Å²) in [5.74, 6) is 0. The number of aldehydes is 1. The largest absolute Gasteiger partial charge is 0.500 e. The molecule has 0 aliphatic carbocycles. The van der Waals surface area contributed by atoms with Crippen LogP contribution in [-0.2, 0) is 9.53 Å². The van der Waals surface area contributed by atoms with Crippen LogP contribution in [0.5, 0.6) is 0 Å². The molecule has 3 heteroatoms. The van der Waals surface area contributed by atoms with Gasteiger partial charge in [-0.25, -0.2) is 0 Å². The van der Waals surface area contributed by atoms with Gasteiger partial charge in [-0.3, -0.25) is 4.79 Å². The monoisotopic (exact) mass is 134 g/mol. The molecule has 0 aromatic carbocycles. The van der Waals surface area contributed by atoms with Crippen LogP contribution in [0.15, 0.2) is 11.3 Å². The first-order chi connectivity index (χ1) is 3.81. The second kappa shape index (κ2) is 4.65. The minimum absolute atomic E-state index is 0.0897. The van der Waals surface area contributed by atoms with Crippen molar-refractivity contribution in [2.45, 2.75) is 6.92 Å². The van der Waals surface area contributed by atoms with E-state index < -0.39 is 0 Å². The van der Waals surface area contributed by atoms with E-state index >= 15 is 0 Å². The molecule has 0 spiro atoms. The fourth-order valence-electron chi connectivity index (χ4n) is 0.191. The van der Waals surface area contributed by atoms with Gasteiger partial charge in [-0.05, 0) is 6.92 Å². The van der Waals surface area contributed by atoms with Crippen molar-refractivity contribution in [1.29, 1.82) is 0 Å². The Morgan fingerprint density at radius 2 is 2.50 bits per heavy atom. The van der Waals surface area contributed by atoms with Gasteiger partial charge in [0.15, 0.2) is 6.29 Å². The Morgan fingerprint density at radius 1 is 1.88 bits per heavy atom. The van der Waals surface area contributed by atoms with Gasteiger partial charge in [-0.2, -0.15) is 0 Å². The molecule has 0 aromatic rings. The van der Waals surface area contributed by atoms with Gasteiger partial charge < -0.3 is 4.74 Å². The lowest BCUT2D eigenvalue weighted by atomic mass is 10.7. The molecule has 0 unspecified atom stereocenters. The van der Waals surface area contributed by atoms with E-state index in [1.807, 2.05) is 6.92 Å². The summed E-state index contributed by atoms with van der Waals surface area (Å²) >= 11 is 5.21. The number of rotatable bonds is 3. The van der Waals surface area contributed by atoms with Gasteiger partial charge in [0.25, 0.3) is 0 Å². The molecule has 0 saturated carbocycles. The maximum atomic E-state index is 9.73. The Kier molecular flexibility index (Phi) is 4.36. The van der Waals surface area contributed by atoms with Crippen LogP contribution < -0.4 is 0 Å². The second-order valence-electron chi connectivity index (χ2n) is 1.08. The Bertz CT molecular complexity index is 98.6. The van der Waals surface area contributed by atoms with E-state index in [0.29, 0.717) is 12.9 Å². The van der Waals surface area contributed by atoms with Crippen molar-refractivity contribution >= 4 is 17.9 Å². The average molecular weight is 135 g/mol. The third kappa shape index (κ3) is 3.68. The normalized spacial score (nSPS) is 11.0. The van der Waals surface area contributed by atoms with Gasteiger partial charge in [0.05, 0.1) is 6.61 Å².